The number of rotatable bonds is 7. The SMILES string of the molecule is [2H]C([2H])(CCCBr)CC(OC)OC. The van der Waals surface area contributed by atoms with Crippen LogP contribution in [0.2, 0.25) is 0 Å². The maximum Gasteiger partial charge on any atom is 0.156 e. The van der Waals surface area contributed by atoms with Crippen molar-refractivity contribution in [3.63, 3.8) is 0 Å². The predicted octanol–water partition coefficient (Wildman–Crippen LogP) is 2.56. The zero-order chi connectivity index (χ0) is 10.3. The second-order valence-electron chi connectivity index (χ2n) is 2.15. The summed E-state index contributed by atoms with van der Waals surface area (Å²) in [6, 6.07) is 0. The van der Waals surface area contributed by atoms with Gasteiger partial charge in [0.2, 0.25) is 0 Å². The molecule has 0 aromatic heterocycles. The molecular formula is C8H17BrO2. The van der Waals surface area contributed by atoms with E-state index in [1.807, 2.05) is 0 Å². The lowest BCUT2D eigenvalue weighted by Crippen LogP contribution is -2.12. The third kappa shape index (κ3) is 6.78. The van der Waals surface area contributed by atoms with Crippen LogP contribution in [-0.2, 0) is 9.47 Å². The molecule has 0 bridgehead atoms. The van der Waals surface area contributed by atoms with Crippen LogP contribution in [0.25, 0.3) is 0 Å². The second-order valence-corrected chi connectivity index (χ2v) is 2.94. The Morgan fingerprint density at radius 1 is 1.36 bits per heavy atom. The molecule has 0 rings (SSSR count). The molecule has 2 nitrogen and oxygen atoms in total. The standard InChI is InChI=1S/C8H17BrO2/c1-10-8(11-2)6-4-3-5-7-9/h8H,3-7H2,1-2H3/i4D2. The van der Waals surface area contributed by atoms with E-state index in [-0.39, 0.29) is 6.42 Å². The Morgan fingerprint density at radius 2 is 2.00 bits per heavy atom. The van der Waals surface area contributed by atoms with Crippen LogP contribution < -0.4 is 0 Å². The first kappa shape index (κ1) is 8.02. The molecule has 0 aliphatic heterocycles. The Morgan fingerprint density at radius 3 is 2.45 bits per heavy atom. The van der Waals surface area contributed by atoms with Crippen molar-refractivity contribution in [3.8, 4) is 0 Å². The van der Waals surface area contributed by atoms with Gasteiger partial charge in [0.05, 0.1) is 0 Å². The summed E-state index contributed by atoms with van der Waals surface area (Å²) in [4.78, 5) is 0. The van der Waals surface area contributed by atoms with Crippen molar-refractivity contribution in [3.05, 3.63) is 0 Å². The molecule has 0 aromatic carbocycles. The summed E-state index contributed by atoms with van der Waals surface area (Å²) >= 11 is 3.27. The third-order valence-electron chi connectivity index (χ3n) is 1.32. The summed E-state index contributed by atoms with van der Waals surface area (Å²) in [5.41, 5.74) is 0. The molecule has 68 valence electrons. The lowest BCUT2D eigenvalue weighted by Gasteiger charge is -2.12. The van der Waals surface area contributed by atoms with Crippen molar-refractivity contribution in [1.29, 1.82) is 0 Å². The fraction of sp³-hybridized carbons (Fsp3) is 1.00. The van der Waals surface area contributed by atoms with Crippen LogP contribution in [0.15, 0.2) is 0 Å². The number of ether oxygens (including phenoxy) is 2. The highest BCUT2D eigenvalue weighted by atomic mass is 79.9. The summed E-state index contributed by atoms with van der Waals surface area (Å²) in [5, 5.41) is 0.830. The third-order valence-corrected chi connectivity index (χ3v) is 1.88. The van der Waals surface area contributed by atoms with Gasteiger partial charge in [0.1, 0.15) is 0 Å². The molecule has 0 saturated heterocycles. The van der Waals surface area contributed by atoms with Gasteiger partial charge in [0.15, 0.2) is 6.29 Å². The number of halogens is 1. The first-order valence-corrected chi connectivity index (χ1v) is 4.79. The van der Waals surface area contributed by atoms with E-state index in [2.05, 4.69) is 15.9 Å². The molecule has 11 heavy (non-hydrogen) atoms. The average molecular weight is 227 g/mol. The minimum atomic E-state index is -1.20. The number of hydrogen-bond donors (Lipinski definition) is 0. The highest BCUT2D eigenvalue weighted by Gasteiger charge is 2.02. The fourth-order valence-electron chi connectivity index (χ4n) is 0.675. The Kier molecular flexibility index (Phi) is 6.19. The molecule has 0 N–H and O–H groups in total. The van der Waals surface area contributed by atoms with Crippen LogP contribution in [0.1, 0.15) is 28.4 Å². The minimum Gasteiger partial charge on any atom is -0.356 e. The van der Waals surface area contributed by atoms with Gasteiger partial charge in [-0.15, -0.1) is 0 Å². The molecule has 0 atom stereocenters. The van der Waals surface area contributed by atoms with Gasteiger partial charge in [-0.05, 0) is 19.2 Å². The fourth-order valence-corrected chi connectivity index (χ4v) is 0.955. The van der Waals surface area contributed by atoms with E-state index in [0.717, 1.165) is 11.8 Å². The van der Waals surface area contributed by atoms with Gasteiger partial charge in [-0.2, -0.15) is 0 Å². The van der Waals surface area contributed by atoms with Crippen LogP contribution in [0.3, 0.4) is 0 Å². The molecule has 0 aromatic rings. The quantitative estimate of drug-likeness (QED) is 0.491. The van der Waals surface area contributed by atoms with E-state index in [9.17, 15) is 0 Å². The predicted molar refractivity (Wildman–Crippen MR) is 50.1 cm³/mol. The molecule has 0 aliphatic carbocycles. The van der Waals surface area contributed by atoms with Gasteiger partial charge in [0.25, 0.3) is 0 Å². The zero-order valence-electron chi connectivity index (χ0n) is 9.10. The first-order chi connectivity index (χ1) is 6.05. The van der Waals surface area contributed by atoms with E-state index >= 15 is 0 Å². The highest BCUT2D eigenvalue weighted by Crippen LogP contribution is 2.07. The first-order valence-electron chi connectivity index (χ1n) is 4.67. The minimum absolute atomic E-state index is 0.285. The number of alkyl halides is 1. The maximum atomic E-state index is 7.65. The largest absolute Gasteiger partial charge is 0.356 e. The molecule has 3 heteroatoms. The Hall–Kier alpha value is 0.400. The zero-order valence-corrected chi connectivity index (χ0v) is 8.69. The number of hydrogen-bond acceptors (Lipinski definition) is 2. The van der Waals surface area contributed by atoms with Gasteiger partial charge in [0, 0.05) is 22.3 Å². The Bertz CT molecular complexity index is 129. The van der Waals surface area contributed by atoms with Gasteiger partial charge >= 0.3 is 0 Å². The Labute approximate surface area is 80.2 Å². The van der Waals surface area contributed by atoms with Gasteiger partial charge < -0.3 is 9.47 Å². The summed E-state index contributed by atoms with van der Waals surface area (Å²) in [7, 11) is 3.05. The van der Waals surface area contributed by atoms with Crippen molar-refractivity contribution in [2.45, 2.75) is 31.9 Å². The molecule has 0 amide bonds. The summed E-state index contributed by atoms with van der Waals surface area (Å²) < 4.78 is 25.2. The smallest absolute Gasteiger partial charge is 0.156 e. The lowest BCUT2D eigenvalue weighted by atomic mass is 10.2. The van der Waals surface area contributed by atoms with Crippen molar-refractivity contribution in [2.75, 3.05) is 19.5 Å². The van der Waals surface area contributed by atoms with Crippen molar-refractivity contribution < 1.29 is 12.2 Å². The van der Waals surface area contributed by atoms with E-state index in [1.165, 1.54) is 14.2 Å². The molecule has 0 fully saturated rings. The summed E-state index contributed by atoms with van der Waals surface area (Å²) in [5.74, 6) is 0. The normalized spacial score (nSPS) is 14.9. The molecule has 0 radical (unpaired) electrons. The topological polar surface area (TPSA) is 18.5 Å². The van der Waals surface area contributed by atoms with E-state index in [0.29, 0.717) is 6.42 Å². The van der Waals surface area contributed by atoms with Crippen molar-refractivity contribution in [1.82, 2.24) is 0 Å². The molecule has 0 spiro atoms. The van der Waals surface area contributed by atoms with E-state index in [4.69, 9.17) is 12.2 Å². The molecule has 0 heterocycles. The second kappa shape index (κ2) is 8.50. The van der Waals surface area contributed by atoms with E-state index in [1.54, 1.807) is 0 Å². The lowest BCUT2D eigenvalue weighted by molar-refractivity contribution is -0.107. The van der Waals surface area contributed by atoms with Crippen LogP contribution in [-0.4, -0.2) is 25.8 Å². The monoisotopic (exact) mass is 226 g/mol. The highest BCUT2D eigenvalue weighted by molar-refractivity contribution is 9.09. The molecular weight excluding hydrogens is 208 g/mol. The van der Waals surface area contributed by atoms with Crippen LogP contribution in [0.5, 0.6) is 0 Å². The molecule has 0 unspecified atom stereocenters. The molecule has 0 aliphatic rings. The van der Waals surface area contributed by atoms with Gasteiger partial charge in [-0.3, -0.25) is 0 Å². The van der Waals surface area contributed by atoms with Gasteiger partial charge in [-0.25, -0.2) is 0 Å². The van der Waals surface area contributed by atoms with Crippen LogP contribution in [0.4, 0.5) is 0 Å². The van der Waals surface area contributed by atoms with E-state index < -0.39 is 12.7 Å². The maximum absolute atomic E-state index is 7.65. The number of methoxy groups -OCH3 is 2. The van der Waals surface area contributed by atoms with Crippen LogP contribution in [0, 0.1) is 0 Å². The average Bonchev–Trinajstić information content (AvgIpc) is 2.11. The Balaban J connectivity index is 3.83. The summed E-state index contributed by atoms with van der Waals surface area (Å²) in [6.45, 7) is 0. The molecule has 0 saturated carbocycles. The van der Waals surface area contributed by atoms with Crippen LogP contribution >= 0.6 is 15.9 Å². The van der Waals surface area contributed by atoms with Gasteiger partial charge in [-0.1, -0.05) is 22.4 Å². The van der Waals surface area contributed by atoms with Crippen molar-refractivity contribution >= 4 is 15.9 Å². The van der Waals surface area contributed by atoms with Crippen molar-refractivity contribution in [2.24, 2.45) is 0 Å². The summed E-state index contributed by atoms with van der Waals surface area (Å²) in [6.07, 6.45) is -0.00293.